The van der Waals surface area contributed by atoms with Gasteiger partial charge in [-0.2, -0.15) is 0 Å². The van der Waals surface area contributed by atoms with E-state index in [1.807, 2.05) is 0 Å². The Morgan fingerprint density at radius 1 is 1.15 bits per heavy atom. The van der Waals surface area contributed by atoms with Crippen LogP contribution in [-0.4, -0.2) is 15.5 Å². The topological polar surface area (TPSA) is 81.4 Å². The van der Waals surface area contributed by atoms with Crippen molar-refractivity contribution in [3.8, 4) is 5.75 Å². The first-order chi connectivity index (χ1) is 9.44. The largest absolute Gasteiger partial charge is 0.495 e. The highest BCUT2D eigenvalue weighted by Crippen LogP contribution is 2.27. The van der Waals surface area contributed by atoms with Crippen molar-refractivity contribution < 1.29 is 13.2 Å². The van der Waals surface area contributed by atoms with Gasteiger partial charge in [-0.3, -0.25) is 4.72 Å². The van der Waals surface area contributed by atoms with Gasteiger partial charge in [0.1, 0.15) is 5.75 Å². The summed E-state index contributed by atoms with van der Waals surface area (Å²) in [4.78, 5) is 0.156. The van der Waals surface area contributed by atoms with E-state index < -0.39 is 10.0 Å². The van der Waals surface area contributed by atoms with Crippen LogP contribution in [0.2, 0.25) is 0 Å². The van der Waals surface area contributed by atoms with Crippen molar-refractivity contribution in [2.45, 2.75) is 11.8 Å². The fourth-order valence-electron chi connectivity index (χ4n) is 1.83. The van der Waals surface area contributed by atoms with Crippen molar-refractivity contribution in [2.24, 2.45) is 0 Å². The van der Waals surface area contributed by atoms with Crippen LogP contribution in [0.25, 0.3) is 0 Å². The second-order valence-corrected chi connectivity index (χ2v) is 5.98. The minimum Gasteiger partial charge on any atom is -0.495 e. The van der Waals surface area contributed by atoms with Crippen LogP contribution in [0.1, 0.15) is 5.56 Å². The fraction of sp³-hybridized carbons (Fsp3) is 0.143. The highest BCUT2D eigenvalue weighted by Gasteiger charge is 2.18. The van der Waals surface area contributed by atoms with E-state index in [1.54, 1.807) is 43.3 Å². The lowest BCUT2D eigenvalue weighted by molar-refractivity contribution is 0.417. The molecule has 3 N–H and O–H groups in total. The zero-order chi connectivity index (χ0) is 14.8. The van der Waals surface area contributed by atoms with Crippen molar-refractivity contribution in [3.63, 3.8) is 0 Å². The van der Waals surface area contributed by atoms with Gasteiger partial charge in [-0.1, -0.05) is 18.2 Å². The monoisotopic (exact) mass is 292 g/mol. The zero-order valence-corrected chi connectivity index (χ0v) is 12.1. The maximum atomic E-state index is 12.4. The standard InChI is InChI=1S/C14H16N2O3S/c1-10-7-8-11(15)9-14(10)20(17,18)16-12-5-3-4-6-13(12)19-2/h3-9,16H,15H2,1-2H3. The van der Waals surface area contributed by atoms with E-state index in [2.05, 4.69) is 4.72 Å². The molecule has 0 saturated heterocycles. The first-order valence-electron chi connectivity index (χ1n) is 5.96. The van der Waals surface area contributed by atoms with Crippen molar-refractivity contribution >= 4 is 21.4 Å². The lowest BCUT2D eigenvalue weighted by atomic mass is 10.2. The molecule has 20 heavy (non-hydrogen) atoms. The van der Waals surface area contributed by atoms with Gasteiger partial charge in [0.05, 0.1) is 17.7 Å². The summed E-state index contributed by atoms with van der Waals surface area (Å²) in [6, 6.07) is 11.6. The number of para-hydroxylation sites is 2. The van der Waals surface area contributed by atoms with Gasteiger partial charge in [0.2, 0.25) is 0 Å². The van der Waals surface area contributed by atoms with E-state index in [-0.39, 0.29) is 4.90 Å². The molecule has 0 fully saturated rings. The molecule has 2 aromatic rings. The fourth-order valence-corrected chi connectivity index (χ4v) is 3.19. The molecular weight excluding hydrogens is 276 g/mol. The summed E-state index contributed by atoms with van der Waals surface area (Å²) < 4.78 is 32.5. The van der Waals surface area contributed by atoms with E-state index in [0.29, 0.717) is 22.7 Å². The Morgan fingerprint density at radius 2 is 1.85 bits per heavy atom. The Bertz CT molecular complexity index is 727. The number of hydrogen-bond acceptors (Lipinski definition) is 4. The first-order valence-corrected chi connectivity index (χ1v) is 7.44. The van der Waals surface area contributed by atoms with Gasteiger partial charge in [-0.25, -0.2) is 8.42 Å². The highest BCUT2D eigenvalue weighted by molar-refractivity contribution is 7.92. The molecule has 0 spiro atoms. The molecule has 0 atom stereocenters. The predicted molar refractivity (Wildman–Crippen MR) is 79.4 cm³/mol. The van der Waals surface area contributed by atoms with Crippen LogP contribution in [0, 0.1) is 6.92 Å². The summed E-state index contributed by atoms with van der Waals surface area (Å²) in [7, 11) is -2.22. The van der Waals surface area contributed by atoms with Crippen LogP contribution in [0.3, 0.4) is 0 Å². The predicted octanol–water partition coefficient (Wildman–Crippen LogP) is 2.39. The number of rotatable bonds is 4. The molecule has 0 aliphatic rings. The highest BCUT2D eigenvalue weighted by atomic mass is 32.2. The van der Waals surface area contributed by atoms with E-state index in [4.69, 9.17) is 10.5 Å². The van der Waals surface area contributed by atoms with Crippen LogP contribution in [-0.2, 0) is 10.0 Å². The van der Waals surface area contributed by atoms with Gasteiger partial charge in [0.15, 0.2) is 0 Å². The maximum absolute atomic E-state index is 12.4. The molecule has 6 heteroatoms. The summed E-state index contributed by atoms with van der Waals surface area (Å²) in [5, 5.41) is 0. The van der Waals surface area contributed by atoms with Crippen LogP contribution in [0.5, 0.6) is 5.75 Å². The summed E-state index contributed by atoms with van der Waals surface area (Å²) in [5.41, 5.74) is 7.07. The first kappa shape index (κ1) is 14.2. The molecule has 0 aliphatic heterocycles. The van der Waals surface area contributed by atoms with Crippen molar-refractivity contribution in [3.05, 3.63) is 48.0 Å². The number of hydrogen-bond donors (Lipinski definition) is 2. The molecule has 0 aliphatic carbocycles. The van der Waals surface area contributed by atoms with Gasteiger partial charge >= 0.3 is 0 Å². The SMILES string of the molecule is COc1ccccc1NS(=O)(=O)c1cc(N)ccc1C. The molecule has 5 nitrogen and oxygen atoms in total. The van der Waals surface area contributed by atoms with Crippen LogP contribution in [0.15, 0.2) is 47.4 Å². The summed E-state index contributed by atoms with van der Waals surface area (Å²) in [6.45, 7) is 1.72. The molecule has 0 unspecified atom stereocenters. The number of nitrogen functional groups attached to an aromatic ring is 1. The average Bonchev–Trinajstić information content (AvgIpc) is 2.41. The molecule has 106 valence electrons. The number of anilines is 2. The summed E-state index contributed by atoms with van der Waals surface area (Å²) >= 11 is 0. The lowest BCUT2D eigenvalue weighted by Gasteiger charge is -2.13. The average molecular weight is 292 g/mol. The Morgan fingerprint density at radius 3 is 2.55 bits per heavy atom. The molecule has 0 saturated carbocycles. The molecule has 0 amide bonds. The van der Waals surface area contributed by atoms with E-state index in [0.717, 1.165) is 0 Å². The number of methoxy groups -OCH3 is 1. The number of nitrogens with two attached hydrogens (primary N) is 1. The second kappa shape index (κ2) is 5.42. The van der Waals surface area contributed by atoms with Crippen LogP contribution >= 0.6 is 0 Å². The molecule has 0 aromatic heterocycles. The Labute approximate surface area is 118 Å². The smallest absolute Gasteiger partial charge is 0.262 e. The summed E-state index contributed by atoms with van der Waals surface area (Å²) in [5.74, 6) is 0.456. The quantitative estimate of drug-likeness (QED) is 0.848. The number of aryl methyl sites for hydroxylation is 1. The van der Waals surface area contributed by atoms with Gasteiger partial charge < -0.3 is 10.5 Å². The molecule has 0 bridgehead atoms. The number of sulfonamides is 1. The van der Waals surface area contributed by atoms with Crippen molar-refractivity contribution in [1.82, 2.24) is 0 Å². The van der Waals surface area contributed by atoms with Crippen LogP contribution < -0.4 is 15.2 Å². The van der Waals surface area contributed by atoms with E-state index in [1.165, 1.54) is 13.2 Å². The normalized spacial score (nSPS) is 11.1. The van der Waals surface area contributed by atoms with E-state index >= 15 is 0 Å². The Kier molecular flexibility index (Phi) is 3.85. The third-order valence-electron chi connectivity index (χ3n) is 2.85. The lowest BCUT2D eigenvalue weighted by Crippen LogP contribution is -2.15. The Hall–Kier alpha value is -2.21. The Balaban J connectivity index is 2.43. The second-order valence-electron chi connectivity index (χ2n) is 4.33. The minimum atomic E-state index is -3.71. The third-order valence-corrected chi connectivity index (χ3v) is 4.36. The summed E-state index contributed by atoms with van der Waals surface area (Å²) in [6.07, 6.45) is 0. The molecule has 0 heterocycles. The molecule has 2 aromatic carbocycles. The number of nitrogens with one attached hydrogen (secondary N) is 1. The van der Waals surface area contributed by atoms with Crippen LogP contribution in [0.4, 0.5) is 11.4 Å². The third kappa shape index (κ3) is 2.85. The van der Waals surface area contributed by atoms with Crippen molar-refractivity contribution in [2.75, 3.05) is 17.6 Å². The number of benzene rings is 2. The van der Waals surface area contributed by atoms with Gasteiger partial charge in [-0.15, -0.1) is 0 Å². The molecule has 2 rings (SSSR count). The van der Waals surface area contributed by atoms with Gasteiger partial charge in [0, 0.05) is 5.69 Å². The van der Waals surface area contributed by atoms with Gasteiger partial charge in [0.25, 0.3) is 10.0 Å². The van der Waals surface area contributed by atoms with E-state index in [9.17, 15) is 8.42 Å². The van der Waals surface area contributed by atoms with Gasteiger partial charge in [-0.05, 0) is 36.8 Å². The zero-order valence-electron chi connectivity index (χ0n) is 11.3. The minimum absolute atomic E-state index is 0.156. The molecule has 0 radical (unpaired) electrons. The number of ether oxygens (including phenoxy) is 1. The maximum Gasteiger partial charge on any atom is 0.262 e. The van der Waals surface area contributed by atoms with Crippen molar-refractivity contribution in [1.29, 1.82) is 0 Å². The molecular formula is C14H16N2O3S.